The van der Waals surface area contributed by atoms with E-state index in [9.17, 15) is 4.79 Å². The molecule has 3 atom stereocenters. The number of rotatable bonds is 2. The number of halogens is 2. The van der Waals surface area contributed by atoms with Gasteiger partial charge in [-0.3, -0.25) is 4.79 Å². The maximum absolute atomic E-state index is 11.5. The summed E-state index contributed by atoms with van der Waals surface area (Å²) >= 11 is 0. The molecule has 6 heteroatoms. The number of hydrogen-bond donors (Lipinski definition) is 2. The van der Waals surface area contributed by atoms with E-state index in [2.05, 4.69) is 9.97 Å². The Morgan fingerprint density at radius 2 is 2.14 bits per heavy atom. The SMILES string of the molecule is C[C@@H]1C(N)[C@H]1C(=O)c1cnc[nH]1.Cl.Cl. The Kier molecular flexibility index (Phi) is 4.58. The summed E-state index contributed by atoms with van der Waals surface area (Å²) in [6.07, 6.45) is 3.05. The number of H-pyrrole nitrogens is 1. The molecule has 3 N–H and O–H groups in total. The third-order valence-electron chi connectivity index (χ3n) is 2.51. The molecule has 0 aromatic carbocycles. The fourth-order valence-electron chi connectivity index (χ4n) is 1.48. The van der Waals surface area contributed by atoms with Crippen molar-refractivity contribution >= 4 is 30.6 Å². The molecule has 0 aliphatic heterocycles. The van der Waals surface area contributed by atoms with Crippen molar-refractivity contribution in [2.45, 2.75) is 13.0 Å². The van der Waals surface area contributed by atoms with Crippen molar-refractivity contribution in [3.8, 4) is 0 Å². The summed E-state index contributed by atoms with van der Waals surface area (Å²) in [6.45, 7) is 1.99. The van der Waals surface area contributed by atoms with Gasteiger partial charge in [-0.25, -0.2) is 4.98 Å². The monoisotopic (exact) mass is 237 g/mol. The lowest BCUT2D eigenvalue weighted by Crippen LogP contribution is -2.10. The molecular formula is C8H13Cl2N3O. The average Bonchev–Trinajstić information content (AvgIpc) is 2.60. The van der Waals surface area contributed by atoms with Crippen molar-refractivity contribution in [3.05, 3.63) is 18.2 Å². The van der Waals surface area contributed by atoms with E-state index in [0.717, 1.165) is 0 Å². The van der Waals surface area contributed by atoms with Crippen LogP contribution in [0.5, 0.6) is 0 Å². The second-order valence-electron chi connectivity index (χ2n) is 3.29. The summed E-state index contributed by atoms with van der Waals surface area (Å²) in [5.74, 6) is 0.416. The molecular weight excluding hydrogens is 225 g/mol. The van der Waals surface area contributed by atoms with Crippen LogP contribution < -0.4 is 5.73 Å². The number of carbonyl (C=O) groups excluding carboxylic acids is 1. The lowest BCUT2D eigenvalue weighted by Gasteiger charge is -1.92. The molecule has 0 amide bonds. The van der Waals surface area contributed by atoms with Crippen molar-refractivity contribution in [2.24, 2.45) is 17.6 Å². The van der Waals surface area contributed by atoms with E-state index >= 15 is 0 Å². The Bertz CT molecular complexity index is 294. The number of Topliss-reactive ketones (excluding diaryl/α,β-unsaturated/α-hetero) is 1. The van der Waals surface area contributed by atoms with E-state index in [1.807, 2.05) is 6.92 Å². The Hall–Kier alpha value is -0.580. The van der Waals surface area contributed by atoms with Crippen LogP contribution in [0, 0.1) is 11.8 Å². The van der Waals surface area contributed by atoms with Gasteiger partial charge in [-0.05, 0) is 5.92 Å². The van der Waals surface area contributed by atoms with E-state index in [1.165, 1.54) is 6.33 Å². The zero-order valence-electron chi connectivity index (χ0n) is 7.64. The number of aromatic amines is 1. The standard InChI is InChI=1S/C8H11N3O.2ClH/c1-4-6(7(4)9)8(12)5-2-10-3-11-5;;/h2-4,6-7H,9H2,1H3,(H,10,11);2*1H/t4-,6-,7?;;/m0../s1. The minimum absolute atomic E-state index is 0. The van der Waals surface area contributed by atoms with Crippen LogP contribution in [0.2, 0.25) is 0 Å². The smallest absolute Gasteiger partial charge is 0.185 e. The van der Waals surface area contributed by atoms with Crippen LogP contribution in [0.15, 0.2) is 12.5 Å². The first kappa shape index (κ1) is 13.4. The minimum Gasteiger partial charge on any atom is -0.342 e. The van der Waals surface area contributed by atoms with Crippen molar-refractivity contribution in [1.29, 1.82) is 0 Å². The van der Waals surface area contributed by atoms with Gasteiger partial charge >= 0.3 is 0 Å². The van der Waals surface area contributed by atoms with Gasteiger partial charge in [0.25, 0.3) is 0 Å². The lowest BCUT2D eigenvalue weighted by molar-refractivity contribution is 0.0956. The van der Waals surface area contributed by atoms with Crippen LogP contribution in [0.1, 0.15) is 17.4 Å². The van der Waals surface area contributed by atoms with Gasteiger partial charge in [0, 0.05) is 12.0 Å². The van der Waals surface area contributed by atoms with E-state index in [-0.39, 0.29) is 42.6 Å². The molecule has 0 spiro atoms. The number of aromatic nitrogens is 2. The Morgan fingerprint density at radius 3 is 2.50 bits per heavy atom. The van der Waals surface area contributed by atoms with Gasteiger partial charge in [0.1, 0.15) is 5.69 Å². The molecule has 1 aliphatic carbocycles. The minimum atomic E-state index is 0. The van der Waals surface area contributed by atoms with Gasteiger partial charge < -0.3 is 10.7 Å². The zero-order chi connectivity index (χ0) is 8.72. The van der Waals surface area contributed by atoms with Gasteiger partial charge in [-0.1, -0.05) is 6.92 Å². The Morgan fingerprint density at radius 1 is 1.57 bits per heavy atom. The first-order valence-electron chi connectivity index (χ1n) is 4.00. The fraction of sp³-hybridized carbons (Fsp3) is 0.500. The van der Waals surface area contributed by atoms with Crippen molar-refractivity contribution < 1.29 is 4.79 Å². The predicted molar refractivity (Wildman–Crippen MR) is 58.0 cm³/mol. The van der Waals surface area contributed by atoms with Crippen molar-refractivity contribution in [1.82, 2.24) is 9.97 Å². The molecule has 1 unspecified atom stereocenters. The molecule has 80 valence electrons. The highest BCUT2D eigenvalue weighted by Gasteiger charge is 2.49. The quantitative estimate of drug-likeness (QED) is 0.756. The van der Waals surface area contributed by atoms with Gasteiger partial charge in [0.15, 0.2) is 5.78 Å². The van der Waals surface area contributed by atoms with E-state index < -0.39 is 0 Å². The predicted octanol–water partition coefficient (Wildman–Crippen LogP) is 1.03. The Labute approximate surface area is 94.5 Å². The summed E-state index contributed by atoms with van der Waals surface area (Å²) in [7, 11) is 0. The number of hydrogen-bond acceptors (Lipinski definition) is 3. The molecule has 1 fully saturated rings. The summed E-state index contributed by atoms with van der Waals surface area (Å²) < 4.78 is 0. The number of imidazole rings is 1. The molecule has 1 heterocycles. The molecule has 1 aliphatic rings. The molecule has 0 bridgehead atoms. The molecule has 1 saturated carbocycles. The lowest BCUT2D eigenvalue weighted by atomic mass is 10.2. The van der Waals surface area contributed by atoms with Gasteiger partial charge in [0.05, 0.1) is 12.5 Å². The van der Waals surface area contributed by atoms with E-state index in [0.29, 0.717) is 11.6 Å². The highest BCUT2D eigenvalue weighted by molar-refractivity contribution is 5.98. The van der Waals surface area contributed by atoms with Crippen LogP contribution >= 0.6 is 24.8 Å². The number of carbonyl (C=O) groups is 1. The van der Waals surface area contributed by atoms with Crippen LogP contribution in [-0.4, -0.2) is 21.8 Å². The maximum Gasteiger partial charge on any atom is 0.185 e. The normalized spacial score (nSPS) is 28.6. The summed E-state index contributed by atoms with van der Waals surface area (Å²) in [5.41, 5.74) is 6.23. The summed E-state index contributed by atoms with van der Waals surface area (Å²) in [6, 6.07) is 0.0424. The van der Waals surface area contributed by atoms with Gasteiger partial charge in [0.2, 0.25) is 0 Å². The zero-order valence-corrected chi connectivity index (χ0v) is 9.27. The van der Waals surface area contributed by atoms with Crippen LogP contribution in [0.25, 0.3) is 0 Å². The largest absolute Gasteiger partial charge is 0.342 e. The summed E-state index contributed by atoms with van der Waals surface area (Å²) in [4.78, 5) is 18.1. The van der Waals surface area contributed by atoms with Gasteiger partial charge in [-0.15, -0.1) is 24.8 Å². The highest BCUT2D eigenvalue weighted by Crippen LogP contribution is 2.38. The van der Waals surface area contributed by atoms with Crippen LogP contribution in [0.4, 0.5) is 0 Å². The van der Waals surface area contributed by atoms with E-state index in [4.69, 9.17) is 5.73 Å². The third kappa shape index (κ3) is 2.08. The second-order valence-corrected chi connectivity index (χ2v) is 3.29. The molecule has 1 aromatic rings. The first-order chi connectivity index (χ1) is 5.72. The molecule has 2 rings (SSSR count). The molecule has 1 aromatic heterocycles. The molecule has 0 radical (unpaired) electrons. The maximum atomic E-state index is 11.5. The fourth-order valence-corrected chi connectivity index (χ4v) is 1.48. The molecule has 14 heavy (non-hydrogen) atoms. The number of nitrogens with one attached hydrogen (secondary N) is 1. The van der Waals surface area contributed by atoms with Crippen molar-refractivity contribution in [2.75, 3.05) is 0 Å². The summed E-state index contributed by atoms with van der Waals surface area (Å²) in [5, 5.41) is 0. The van der Waals surface area contributed by atoms with Crippen LogP contribution in [-0.2, 0) is 0 Å². The second kappa shape index (κ2) is 4.77. The molecule has 0 saturated heterocycles. The molecule has 4 nitrogen and oxygen atoms in total. The third-order valence-corrected chi connectivity index (χ3v) is 2.51. The number of nitrogens with two attached hydrogens (primary N) is 1. The number of ketones is 1. The van der Waals surface area contributed by atoms with Crippen LogP contribution in [0.3, 0.4) is 0 Å². The Balaban J connectivity index is 0.000000845. The van der Waals surface area contributed by atoms with E-state index in [1.54, 1.807) is 6.20 Å². The highest BCUT2D eigenvalue weighted by atomic mass is 35.5. The average molecular weight is 238 g/mol. The topological polar surface area (TPSA) is 71.8 Å². The first-order valence-corrected chi connectivity index (χ1v) is 4.00. The van der Waals surface area contributed by atoms with Gasteiger partial charge in [-0.2, -0.15) is 0 Å². The van der Waals surface area contributed by atoms with Crippen molar-refractivity contribution in [3.63, 3.8) is 0 Å². The number of nitrogens with zero attached hydrogens (tertiary/aromatic N) is 1.